The number of nitrogen functional groups attached to an aromatic ring is 1. The Morgan fingerprint density at radius 2 is 1.90 bits per heavy atom. The van der Waals surface area contributed by atoms with E-state index in [1.165, 1.54) is 0 Å². The third-order valence-corrected chi connectivity index (χ3v) is 3.51. The van der Waals surface area contributed by atoms with Gasteiger partial charge in [0, 0.05) is 11.5 Å². The van der Waals surface area contributed by atoms with Crippen molar-refractivity contribution in [2.45, 2.75) is 45.6 Å². The van der Waals surface area contributed by atoms with Gasteiger partial charge >= 0.3 is 0 Å². The Hall–Kier alpha value is -1.89. The Bertz CT molecular complexity index is 512. The highest BCUT2D eigenvalue weighted by Gasteiger charge is 2.29. The minimum absolute atomic E-state index is 0.0699. The summed E-state index contributed by atoms with van der Waals surface area (Å²) in [4.78, 5) is 20.4. The summed E-state index contributed by atoms with van der Waals surface area (Å²) >= 11 is 0. The summed E-state index contributed by atoms with van der Waals surface area (Å²) < 4.78 is 0. The first kappa shape index (κ1) is 14.5. The molecule has 1 aromatic heterocycles. The molecule has 6 N–H and O–H groups in total. The maximum atomic E-state index is 11.5. The monoisotopic (exact) mass is 278 g/mol. The van der Waals surface area contributed by atoms with E-state index in [-0.39, 0.29) is 5.92 Å². The van der Waals surface area contributed by atoms with Crippen molar-refractivity contribution < 1.29 is 4.79 Å². The van der Waals surface area contributed by atoms with E-state index in [0.29, 0.717) is 17.6 Å². The van der Waals surface area contributed by atoms with Gasteiger partial charge in [-0.15, -0.1) is 0 Å². The summed E-state index contributed by atoms with van der Waals surface area (Å²) in [5, 5.41) is 3.12. The topological polar surface area (TPSA) is 119 Å². The van der Waals surface area contributed by atoms with Crippen LogP contribution in [0.15, 0.2) is 0 Å². The van der Waals surface area contributed by atoms with Crippen LogP contribution >= 0.6 is 0 Å². The number of primary amides is 1. The van der Waals surface area contributed by atoms with Crippen LogP contribution in [0.3, 0.4) is 0 Å². The molecule has 2 rings (SSSR count). The Morgan fingerprint density at radius 3 is 2.35 bits per heavy atom. The van der Waals surface area contributed by atoms with E-state index in [2.05, 4.69) is 20.7 Å². The molecule has 20 heavy (non-hydrogen) atoms. The second-order valence-corrected chi connectivity index (χ2v) is 5.59. The number of carbonyl (C=O) groups is 1. The van der Waals surface area contributed by atoms with Crippen molar-refractivity contribution in [2.24, 2.45) is 17.5 Å². The van der Waals surface area contributed by atoms with Crippen molar-refractivity contribution in [3.8, 4) is 0 Å². The zero-order chi connectivity index (χ0) is 14.9. The predicted octanol–water partition coefficient (Wildman–Crippen LogP) is 0.870. The zero-order valence-corrected chi connectivity index (χ0v) is 12.1. The summed E-state index contributed by atoms with van der Waals surface area (Å²) in [6.45, 7) is 5.72. The molecule has 1 aromatic rings. The molecule has 0 aromatic carbocycles. The van der Waals surface area contributed by atoms with Gasteiger partial charge in [0.05, 0.1) is 0 Å². The molecule has 7 heteroatoms. The molecular formula is C13H22N6O. The van der Waals surface area contributed by atoms with E-state index in [0.717, 1.165) is 24.2 Å². The van der Waals surface area contributed by atoms with Crippen LogP contribution in [0.4, 0.5) is 11.6 Å². The summed E-state index contributed by atoms with van der Waals surface area (Å²) in [7, 11) is 0. The zero-order valence-electron chi connectivity index (χ0n) is 12.1. The minimum Gasteiger partial charge on any atom is -0.368 e. The smallest absolute Gasteiger partial charge is 0.240 e. The van der Waals surface area contributed by atoms with E-state index >= 15 is 0 Å². The molecule has 1 aliphatic carbocycles. The largest absolute Gasteiger partial charge is 0.368 e. The fraction of sp³-hybridized carbons (Fsp3) is 0.615. The van der Waals surface area contributed by atoms with Gasteiger partial charge in [0.25, 0.3) is 0 Å². The molecule has 1 saturated carbocycles. The average molecular weight is 278 g/mol. The second-order valence-electron chi connectivity index (χ2n) is 5.59. The van der Waals surface area contributed by atoms with Crippen molar-refractivity contribution in [3.05, 3.63) is 11.4 Å². The summed E-state index contributed by atoms with van der Waals surface area (Å²) in [6.07, 6.45) is 2.19. The highest BCUT2D eigenvalue weighted by atomic mass is 16.1. The van der Waals surface area contributed by atoms with Crippen molar-refractivity contribution in [3.63, 3.8) is 0 Å². The number of nitrogens with two attached hydrogens (primary N) is 2. The fourth-order valence-electron chi connectivity index (χ4n) is 2.05. The number of carbonyl (C=O) groups excluding carboxylic acids is 1. The maximum absolute atomic E-state index is 11.5. The Labute approximate surface area is 118 Å². The van der Waals surface area contributed by atoms with Gasteiger partial charge in [-0.05, 0) is 25.7 Å². The predicted molar refractivity (Wildman–Crippen MR) is 78.0 cm³/mol. The van der Waals surface area contributed by atoms with E-state index in [9.17, 15) is 4.79 Å². The maximum Gasteiger partial charge on any atom is 0.240 e. The number of nitrogens with zero attached hydrogens (tertiary/aromatic N) is 2. The highest BCUT2D eigenvalue weighted by molar-refractivity contribution is 5.83. The van der Waals surface area contributed by atoms with Gasteiger partial charge < -0.3 is 16.5 Å². The standard InChI is InChI=1S/C13H22N6O/c1-6(2)9(10(14)20)16-11-7(3)12(19-15)18-13(17-11)8-4-5-8/h6,8-9H,4-5,15H2,1-3H3,(H2,14,20)(H2,16,17,18,19). The first-order chi connectivity index (χ1) is 9.43. The van der Waals surface area contributed by atoms with Crippen LogP contribution in [0.25, 0.3) is 0 Å². The third kappa shape index (κ3) is 2.98. The first-order valence-electron chi connectivity index (χ1n) is 6.85. The SMILES string of the molecule is Cc1c(NN)nc(C2CC2)nc1NC(C(N)=O)C(C)C. The second kappa shape index (κ2) is 5.62. The van der Waals surface area contributed by atoms with Crippen molar-refractivity contribution in [1.82, 2.24) is 9.97 Å². The Kier molecular flexibility index (Phi) is 4.08. The molecule has 1 heterocycles. The van der Waals surface area contributed by atoms with Crippen LogP contribution in [0, 0.1) is 12.8 Å². The highest BCUT2D eigenvalue weighted by Crippen LogP contribution is 2.39. The lowest BCUT2D eigenvalue weighted by molar-refractivity contribution is -0.119. The molecule has 1 atom stereocenters. The van der Waals surface area contributed by atoms with Crippen LogP contribution in [0.1, 0.15) is 44.0 Å². The molecule has 1 unspecified atom stereocenters. The number of hydrogen-bond acceptors (Lipinski definition) is 6. The van der Waals surface area contributed by atoms with Crippen LogP contribution in [0.5, 0.6) is 0 Å². The summed E-state index contributed by atoms with van der Waals surface area (Å²) in [5.41, 5.74) is 8.80. The quantitative estimate of drug-likeness (QED) is 0.453. The van der Waals surface area contributed by atoms with Gasteiger partial charge in [-0.3, -0.25) is 4.79 Å². The molecule has 0 bridgehead atoms. The Morgan fingerprint density at radius 1 is 1.30 bits per heavy atom. The fourth-order valence-corrected chi connectivity index (χ4v) is 2.05. The molecule has 7 nitrogen and oxygen atoms in total. The van der Waals surface area contributed by atoms with Gasteiger partial charge in [-0.1, -0.05) is 13.8 Å². The summed E-state index contributed by atoms with van der Waals surface area (Å²) in [6, 6.07) is -0.471. The molecule has 0 spiro atoms. The lowest BCUT2D eigenvalue weighted by Gasteiger charge is -2.21. The van der Waals surface area contributed by atoms with Gasteiger partial charge in [0.1, 0.15) is 23.5 Å². The first-order valence-corrected chi connectivity index (χ1v) is 6.85. The van der Waals surface area contributed by atoms with Crippen LogP contribution in [-0.4, -0.2) is 21.9 Å². The molecule has 0 aliphatic heterocycles. The normalized spacial score (nSPS) is 16.1. The number of aromatic nitrogens is 2. The number of hydrazine groups is 1. The average Bonchev–Trinajstić information content (AvgIpc) is 3.20. The number of hydrogen-bond donors (Lipinski definition) is 4. The molecule has 0 radical (unpaired) electrons. The van der Waals surface area contributed by atoms with E-state index < -0.39 is 11.9 Å². The molecule has 1 amide bonds. The van der Waals surface area contributed by atoms with Crippen LogP contribution < -0.4 is 22.3 Å². The third-order valence-electron chi connectivity index (χ3n) is 3.51. The van der Waals surface area contributed by atoms with E-state index in [1.807, 2.05) is 20.8 Å². The minimum atomic E-state index is -0.471. The lowest BCUT2D eigenvalue weighted by atomic mass is 10.0. The summed E-state index contributed by atoms with van der Waals surface area (Å²) in [5.74, 6) is 7.53. The molecular weight excluding hydrogens is 256 g/mol. The van der Waals surface area contributed by atoms with Crippen LogP contribution in [-0.2, 0) is 4.79 Å². The molecule has 1 aliphatic rings. The van der Waals surface area contributed by atoms with Gasteiger partial charge in [-0.2, -0.15) is 0 Å². The lowest BCUT2D eigenvalue weighted by Crippen LogP contribution is -2.40. The van der Waals surface area contributed by atoms with Crippen molar-refractivity contribution in [1.29, 1.82) is 0 Å². The molecule has 110 valence electrons. The van der Waals surface area contributed by atoms with Gasteiger partial charge in [-0.25, -0.2) is 15.8 Å². The number of amides is 1. The van der Waals surface area contributed by atoms with Gasteiger partial charge in [0.2, 0.25) is 5.91 Å². The van der Waals surface area contributed by atoms with E-state index in [4.69, 9.17) is 11.6 Å². The van der Waals surface area contributed by atoms with E-state index in [1.54, 1.807) is 0 Å². The number of nitrogens with one attached hydrogen (secondary N) is 2. The number of rotatable bonds is 6. The van der Waals surface area contributed by atoms with Crippen LogP contribution in [0.2, 0.25) is 0 Å². The molecule has 0 saturated heterocycles. The number of anilines is 2. The molecule has 1 fully saturated rings. The Balaban J connectivity index is 2.33. The van der Waals surface area contributed by atoms with Gasteiger partial charge in [0.15, 0.2) is 0 Å². The van der Waals surface area contributed by atoms with Crippen molar-refractivity contribution >= 4 is 17.5 Å². The van der Waals surface area contributed by atoms with Crippen molar-refractivity contribution in [2.75, 3.05) is 10.7 Å².